The number of nitrogens with two attached hydrogens (primary N) is 1. The highest BCUT2D eigenvalue weighted by atomic mass is 79.9. The van der Waals surface area contributed by atoms with Crippen molar-refractivity contribution in [2.45, 2.75) is 26.4 Å². The Kier molecular flexibility index (Phi) is 10.3. The van der Waals surface area contributed by atoms with Gasteiger partial charge in [0.1, 0.15) is 11.8 Å². The smallest absolute Gasteiger partial charge is 0.373 e. The maximum absolute atomic E-state index is 9.86. The Morgan fingerprint density at radius 3 is 2.29 bits per heavy atom. The third kappa shape index (κ3) is 5.34. The van der Waals surface area contributed by atoms with Gasteiger partial charge in [0, 0.05) is 30.9 Å². The van der Waals surface area contributed by atoms with E-state index >= 15 is 0 Å². The first-order valence-electron chi connectivity index (χ1n) is 8.21. The first kappa shape index (κ1) is 23.7. The molecule has 2 aromatic rings. The van der Waals surface area contributed by atoms with Gasteiger partial charge in [-0.15, -0.1) is 0 Å². The number of hydrogen-bond donors (Lipinski definition) is 6. The van der Waals surface area contributed by atoms with Crippen molar-refractivity contribution in [1.29, 1.82) is 5.26 Å². The zero-order chi connectivity index (χ0) is 21.1. The molecule has 150 valence electrons. The average molecular weight is 453 g/mol. The number of halogens is 1. The summed E-state index contributed by atoms with van der Waals surface area (Å²) in [6, 6.07) is 5.58. The van der Waals surface area contributed by atoms with Crippen LogP contribution in [-0.4, -0.2) is 39.5 Å². The van der Waals surface area contributed by atoms with Gasteiger partial charge < -0.3 is 31.4 Å². The highest BCUT2D eigenvalue weighted by molar-refractivity contribution is 9.10. The number of nitrogens with zero attached hydrogens (tertiary/aromatic N) is 1. The number of nitrogens with one attached hydrogen (secondary N) is 2. The van der Waals surface area contributed by atoms with Gasteiger partial charge in [0.15, 0.2) is 0 Å². The van der Waals surface area contributed by atoms with Crippen LogP contribution in [-0.2, 0) is 36.0 Å². The molecule has 7 N–H and O–H groups in total. The van der Waals surface area contributed by atoms with Crippen molar-refractivity contribution in [2.24, 2.45) is 5.73 Å². The maximum Gasteiger partial charge on any atom is 0.373 e. The molecule has 0 saturated heterocycles. The molecule has 0 bridgehead atoms. The highest BCUT2D eigenvalue weighted by Gasteiger charge is 2.21. The molecule has 10 heteroatoms. The predicted molar refractivity (Wildman–Crippen MR) is 102 cm³/mol. The van der Waals surface area contributed by atoms with Crippen LogP contribution in [0.3, 0.4) is 0 Å². The maximum atomic E-state index is 9.86. The first-order valence-corrected chi connectivity index (χ1v) is 9.00. The Morgan fingerprint density at radius 1 is 1.14 bits per heavy atom. The van der Waals surface area contributed by atoms with Gasteiger partial charge in [0.05, 0.1) is 24.3 Å². The highest BCUT2D eigenvalue weighted by Crippen LogP contribution is 2.38. The van der Waals surface area contributed by atoms with E-state index < -0.39 is 0 Å². The second-order valence-electron chi connectivity index (χ2n) is 5.53. The summed E-state index contributed by atoms with van der Waals surface area (Å²) in [6.07, 6.45) is 0.250. The fourth-order valence-corrected chi connectivity index (χ4v) is 3.47. The van der Waals surface area contributed by atoms with Gasteiger partial charge in [-0.2, -0.15) is 14.9 Å². The Bertz CT molecular complexity index is 870. The third-order valence-electron chi connectivity index (χ3n) is 4.04. The van der Waals surface area contributed by atoms with Crippen molar-refractivity contribution >= 4 is 22.1 Å². The number of carbonyl (C=O) groups excluding carboxylic acids is 2. The van der Waals surface area contributed by atoms with Crippen LogP contribution < -0.4 is 11.1 Å². The van der Waals surface area contributed by atoms with E-state index in [2.05, 4.69) is 32.3 Å². The molecule has 28 heavy (non-hydrogen) atoms. The molecular formula is C18H21BrN4O5. The van der Waals surface area contributed by atoms with Crippen LogP contribution in [0.25, 0.3) is 11.1 Å². The van der Waals surface area contributed by atoms with E-state index in [0.29, 0.717) is 52.1 Å². The van der Waals surface area contributed by atoms with E-state index in [1.165, 1.54) is 0 Å². The number of nitriles is 1. The molecule has 0 radical (unpaired) electrons. The summed E-state index contributed by atoms with van der Waals surface area (Å²) >= 11 is 3.45. The molecule has 0 aliphatic heterocycles. The van der Waals surface area contributed by atoms with Crippen molar-refractivity contribution in [3.63, 3.8) is 0 Å². The number of aliphatic hydroxyl groups is 3. The molecule has 9 nitrogen and oxygen atoms in total. The average Bonchev–Trinajstić information content (AvgIpc) is 3.02. The molecule has 0 spiro atoms. The summed E-state index contributed by atoms with van der Waals surface area (Å²) in [5.41, 5.74) is 9.66. The lowest BCUT2D eigenvalue weighted by Gasteiger charge is -2.16. The molecule has 0 amide bonds. The second kappa shape index (κ2) is 12.2. The van der Waals surface area contributed by atoms with Crippen LogP contribution in [0.2, 0.25) is 0 Å². The van der Waals surface area contributed by atoms with Gasteiger partial charge in [-0.3, -0.25) is 0 Å². The lowest BCUT2D eigenvalue weighted by molar-refractivity contribution is -0.191. The number of aliphatic hydroxyl groups excluding tert-OH is 3. The van der Waals surface area contributed by atoms with E-state index in [4.69, 9.17) is 15.3 Å². The summed E-state index contributed by atoms with van der Waals surface area (Å²) in [7, 11) is 0. The van der Waals surface area contributed by atoms with Crippen molar-refractivity contribution in [3.05, 3.63) is 44.7 Å². The molecule has 2 rings (SSSR count). The quantitative estimate of drug-likeness (QED) is 0.309. The Hall–Kier alpha value is -2.35. The molecule has 0 aliphatic carbocycles. The van der Waals surface area contributed by atoms with E-state index in [1.54, 1.807) is 12.1 Å². The summed E-state index contributed by atoms with van der Waals surface area (Å²) in [5, 5.41) is 41.5. The number of benzene rings is 1. The predicted octanol–water partition coefficient (Wildman–Crippen LogP) is 0.258. The number of rotatable bonds is 8. The van der Waals surface area contributed by atoms with Gasteiger partial charge in [0.25, 0.3) is 0 Å². The standard InChI is InChI=1S/C17H21BrN4O3.CO2/c18-17-14(5-20)22-15(6-21-4-3-19)16(17)11-2-1-10(7-23)12(8-24)13(11)9-25;2-1-3/h1-2,21-25H,3-4,6-9,19H2;. The molecule has 0 saturated carbocycles. The Labute approximate surface area is 169 Å². The SMILES string of the molecule is N#Cc1[nH]c(CNCCN)c(-c2ccc(CO)c(CO)c2CO)c1Br.O=C=O. The molecule has 0 unspecified atom stereocenters. The lowest BCUT2D eigenvalue weighted by atomic mass is 9.92. The second-order valence-corrected chi connectivity index (χ2v) is 6.32. The summed E-state index contributed by atoms with van der Waals surface area (Å²) in [6.45, 7) is 0.752. The van der Waals surface area contributed by atoms with Crippen LogP contribution in [0.4, 0.5) is 0 Å². The van der Waals surface area contributed by atoms with E-state index in [-0.39, 0.29) is 26.0 Å². The van der Waals surface area contributed by atoms with Crippen LogP contribution in [0.15, 0.2) is 16.6 Å². The Morgan fingerprint density at radius 2 is 1.79 bits per heavy atom. The molecule has 1 heterocycles. The number of H-pyrrole nitrogens is 1. The monoisotopic (exact) mass is 452 g/mol. The largest absolute Gasteiger partial charge is 0.392 e. The molecule has 1 aromatic carbocycles. The van der Waals surface area contributed by atoms with Gasteiger partial charge in [-0.25, -0.2) is 0 Å². The third-order valence-corrected chi connectivity index (χ3v) is 4.83. The summed E-state index contributed by atoms with van der Waals surface area (Å²) in [5.74, 6) is 0. The Balaban J connectivity index is 0.00000122. The van der Waals surface area contributed by atoms with Gasteiger partial charge in [-0.05, 0) is 38.2 Å². The number of hydrogen-bond acceptors (Lipinski definition) is 8. The summed E-state index contributed by atoms with van der Waals surface area (Å²) in [4.78, 5) is 19.3. The van der Waals surface area contributed by atoms with Crippen LogP contribution in [0.1, 0.15) is 28.1 Å². The zero-order valence-electron chi connectivity index (χ0n) is 15.0. The summed E-state index contributed by atoms with van der Waals surface area (Å²) < 4.78 is 0.592. The fraction of sp³-hybridized carbons (Fsp3) is 0.333. The van der Waals surface area contributed by atoms with E-state index in [1.807, 2.05) is 0 Å². The van der Waals surface area contributed by atoms with E-state index in [9.17, 15) is 20.6 Å². The van der Waals surface area contributed by atoms with Crippen molar-refractivity contribution in [2.75, 3.05) is 13.1 Å². The van der Waals surface area contributed by atoms with Crippen molar-refractivity contribution in [3.8, 4) is 17.2 Å². The minimum absolute atomic E-state index is 0.230. The molecular weight excluding hydrogens is 432 g/mol. The molecule has 0 atom stereocenters. The van der Waals surface area contributed by atoms with Gasteiger partial charge >= 0.3 is 6.15 Å². The molecule has 0 aliphatic rings. The van der Waals surface area contributed by atoms with E-state index in [0.717, 1.165) is 11.3 Å². The topological polar surface area (TPSA) is 172 Å². The number of aromatic nitrogens is 1. The zero-order valence-corrected chi connectivity index (χ0v) is 16.5. The minimum Gasteiger partial charge on any atom is -0.392 e. The van der Waals surface area contributed by atoms with Crippen LogP contribution in [0, 0.1) is 11.3 Å². The normalized spacial score (nSPS) is 10.0. The minimum atomic E-state index is -0.298. The van der Waals surface area contributed by atoms with Gasteiger partial charge in [-0.1, -0.05) is 12.1 Å². The van der Waals surface area contributed by atoms with Crippen molar-refractivity contribution in [1.82, 2.24) is 10.3 Å². The van der Waals surface area contributed by atoms with Crippen LogP contribution >= 0.6 is 15.9 Å². The van der Waals surface area contributed by atoms with Crippen molar-refractivity contribution < 1.29 is 24.9 Å². The van der Waals surface area contributed by atoms with Gasteiger partial charge in [0.2, 0.25) is 0 Å². The first-order chi connectivity index (χ1) is 13.5. The molecule has 0 fully saturated rings. The van der Waals surface area contributed by atoms with Crippen LogP contribution in [0.5, 0.6) is 0 Å². The lowest BCUT2D eigenvalue weighted by Crippen LogP contribution is -2.22. The number of aromatic amines is 1. The molecule has 1 aromatic heterocycles. The fourth-order valence-electron chi connectivity index (χ4n) is 2.83.